The number of aromatic amines is 2. The first-order valence-electron chi connectivity index (χ1n) is 11.2. The highest BCUT2D eigenvalue weighted by Crippen LogP contribution is 2.29. The summed E-state index contributed by atoms with van der Waals surface area (Å²) in [6.07, 6.45) is 1.05. The molecule has 1 aliphatic rings. The molecular weight excluding hydrogens is 418 g/mol. The summed E-state index contributed by atoms with van der Waals surface area (Å²) >= 11 is 0. The van der Waals surface area contributed by atoms with Crippen LogP contribution in [0.3, 0.4) is 0 Å². The average molecular weight is 446 g/mol. The van der Waals surface area contributed by atoms with Crippen molar-refractivity contribution in [1.82, 2.24) is 25.1 Å². The number of aromatic hydroxyl groups is 1. The monoisotopic (exact) mass is 445 g/mol. The highest BCUT2D eigenvalue weighted by Gasteiger charge is 2.15. The summed E-state index contributed by atoms with van der Waals surface area (Å²) in [7, 11) is 0. The number of benzene rings is 2. The van der Waals surface area contributed by atoms with E-state index in [2.05, 4.69) is 37.2 Å². The van der Waals surface area contributed by atoms with E-state index in [1.807, 2.05) is 32.0 Å². The third-order valence-electron chi connectivity index (χ3n) is 6.11. The third kappa shape index (κ3) is 4.40. The second-order valence-electron chi connectivity index (χ2n) is 8.63. The molecule has 33 heavy (non-hydrogen) atoms. The number of imidazole rings is 1. The lowest BCUT2D eigenvalue weighted by Gasteiger charge is -2.18. The summed E-state index contributed by atoms with van der Waals surface area (Å²) in [5, 5.41) is 16.9. The van der Waals surface area contributed by atoms with E-state index in [9.17, 15) is 9.90 Å². The second kappa shape index (κ2) is 8.80. The first-order chi connectivity index (χ1) is 16.0. The maximum atomic E-state index is 12.6. The molecule has 0 atom stereocenters. The van der Waals surface area contributed by atoms with Crippen LogP contribution in [0.1, 0.15) is 23.1 Å². The lowest BCUT2D eigenvalue weighted by atomic mass is 10.0. The number of rotatable bonds is 4. The first-order valence-corrected chi connectivity index (χ1v) is 11.2. The Kier molecular flexibility index (Phi) is 5.70. The molecule has 3 heterocycles. The van der Waals surface area contributed by atoms with Gasteiger partial charge in [0, 0.05) is 31.8 Å². The van der Waals surface area contributed by atoms with E-state index in [0.717, 1.165) is 67.0 Å². The van der Waals surface area contributed by atoms with E-state index in [-0.39, 0.29) is 11.3 Å². The highest BCUT2D eigenvalue weighted by molar-refractivity contribution is 5.80. The van der Waals surface area contributed by atoms with Gasteiger partial charge in [-0.3, -0.25) is 9.69 Å². The number of aryl methyl sites for hydroxylation is 2. The van der Waals surface area contributed by atoms with E-state index in [0.29, 0.717) is 17.1 Å². The molecule has 0 saturated carbocycles. The van der Waals surface area contributed by atoms with Gasteiger partial charge in [-0.15, -0.1) is 0 Å². The van der Waals surface area contributed by atoms with E-state index in [1.54, 1.807) is 6.07 Å². The van der Waals surface area contributed by atoms with Crippen LogP contribution in [0.4, 0.5) is 0 Å². The molecule has 8 nitrogen and oxygen atoms in total. The summed E-state index contributed by atoms with van der Waals surface area (Å²) in [5.74, 6) is 0.770. The molecule has 5 rings (SSSR count). The van der Waals surface area contributed by atoms with Gasteiger partial charge in [0.05, 0.1) is 28.9 Å². The molecule has 8 heteroatoms. The number of fused-ring (bicyclic) bond motifs is 1. The summed E-state index contributed by atoms with van der Waals surface area (Å²) in [6.45, 7) is 8.08. The van der Waals surface area contributed by atoms with Crippen LogP contribution in [0, 0.1) is 13.8 Å². The summed E-state index contributed by atoms with van der Waals surface area (Å²) in [6, 6.07) is 11.6. The number of phenols is 1. The van der Waals surface area contributed by atoms with Crippen LogP contribution in [0.5, 0.6) is 5.75 Å². The van der Waals surface area contributed by atoms with Crippen LogP contribution in [0.25, 0.3) is 33.7 Å². The van der Waals surface area contributed by atoms with Gasteiger partial charge in [-0.1, -0.05) is 6.07 Å². The van der Waals surface area contributed by atoms with Gasteiger partial charge in [-0.2, -0.15) is 5.10 Å². The summed E-state index contributed by atoms with van der Waals surface area (Å²) in [4.78, 5) is 23.0. The zero-order valence-corrected chi connectivity index (χ0v) is 18.8. The molecule has 170 valence electrons. The van der Waals surface area contributed by atoms with Crippen molar-refractivity contribution in [2.24, 2.45) is 0 Å². The van der Waals surface area contributed by atoms with Crippen molar-refractivity contribution in [3.63, 3.8) is 0 Å². The topological polar surface area (TPSA) is 107 Å². The minimum Gasteiger partial charge on any atom is -0.507 e. The standard InChI is InChI=1S/C25H27N5O3/c1-15-10-18(11-16(2)23(15)31)21-13-19(25(32)29-28-21)24-26-20-5-4-17(12-22(20)27-24)14-30-6-3-8-33-9-7-30/h4-5,10-13,31H,3,6-9,14H2,1-2H3,(H,26,27)(H,29,32). The molecule has 1 fully saturated rings. The van der Waals surface area contributed by atoms with Crippen LogP contribution in [-0.2, 0) is 11.3 Å². The average Bonchev–Trinajstić information content (AvgIpc) is 3.05. The van der Waals surface area contributed by atoms with Gasteiger partial charge < -0.3 is 14.8 Å². The number of aromatic nitrogens is 4. The maximum Gasteiger partial charge on any atom is 0.275 e. The van der Waals surface area contributed by atoms with Gasteiger partial charge in [0.15, 0.2) is 0 Å². The fraction of sp³-hybridized carbons (Fsp3) is 0.320. The Labute approximate surface area is 191 Å². The SMILES string of the molecule is Cc1cc(-c2cc(-c3nc4ccc(CN5CCCOCC5)cc4[nH]3)c(=O)[nH]n2)cc(C)c1O. The van der Waals surface area contributed by atoms with Crippen molar-refractivity contribution in [3.8, 4) is 28.4 Å². The Hall–Kier alpha value is -3.49. The molecule has 0 radical (unpaired) electrons. The molecule has 0 bridgehead atoms. The van der Waals surface area contributed by atoms with Gasteiger partial charge in [-0.25, -0.2) is 10.1 Å². The Bertz CT molecular complexity index is 1340. The molecule has 3 N–H and O–H groups in total. The number of hydrogen-bond acceptors (Lipinski definition) is 6. The minimum atomic E-state index is -0.310. The first kappa shape index (κ1) is 21.4. The van der Waals surface area contributed by atoms with Crippen molar-refractivity contribution in [1.29, 1.82) is 0 Å². The Morgan fingerprint density at radius 1 is 1.09 bits per heavy atom. The van der Waals surface area contributed by atoms with Gasteiger partial charge in [0.25, 0.3) is 5.56 Å². The van der Waals surface area contributed by atoms with Crippen molar-refractivity contribution in [2.45, 2.75) is 26.8 Å². The van der Waals surface area contributed by atoms with Gasteiger partial charge >= 0.3 is 0 Å². The number of nitrogens with one attached hydrogen (secondary N) is 2. The van der Waals surface area contributed by atoms with Crippen LogP contribution in [-0.4, -0.2) is 56.5 Å². The van der Waals surface area contributed by atoms with Gasteiger partial charge in [0.1, 0.15) is 11.6 Å². The van der Waals surface area contributed by atoms with E-state index in [4.69, 9.17) is 4.74 Å². The number of phenolic OH excluding ortho intramolecular Hbond substituents is 1. The van der Waals surface area contributed by atoms with E-state index >= 15 is 0 Å². The zero-order chi connectivity index (χ0) is 22.9. The normalized spacial score (nSPS) is 15.1. The predicted octanol–water partition coefficient (Wildman–Crippen LogP) is 3.52. The quantitative estimate of drug-likeness (QED) is 0.444. The third-order valence-corrected chi connectivity index (χ3v) is 6.11. The second-order valence-corrected chi connectivity index (χ2v) is 8.63. The van der Waals surface area contributed by atoms with Gasteiger partial charge in [0.2, 0.25) is 0 Å². The Balaban J connectivity index is 1.47. The fourth-order valence-electron chi connectivity index (χ4n) is 4.33. The van der Waals surface area contributed by atoms with Crippen molar-refractivity contribution in [2.75, 3.05) is 26.3 Å². The molecule has 1 saturated heterocycles. The number of nitrogens with zero attached hydrogens (tertiary/aromatic N) is 3. The lowest BCUT2D eigenvalue weighted by Crippen LogP contribution is -2.25. The van der Waals surface area contributed by atoms with Crippen molar-refractivity contribution in [3.05, 3.63) is 63.4 Å². The predicted molar refractivity (Wildman–Crippen MR) is 127 cm³/mol. The molecular formula is C25H27N5O3. The molecule has 1 aliphatic heterocycles. The molecule has 0 amide bonds. The highest BCUT2D eigenvalue weighted by atomic mass is 16.5. The van der Waals surface area contributed by atoms with Crippen LogP contribution >= 0.6 is 0 Å². The Morgan fingerprint density at radius 2 is 1.91 bits per heavy atom. The largest absolute Gasteiger partial charge is 0.507 e. The lowest BCUT2D eigenvalue weighted by molar-refractivity contribution is 0.140. The molecule has 0 unspecified atom stereocenters. The number of H-pyrrole nitrogens is 2. The Morgan fingerprint density at radius 3 is 2.73 bits per heavy atom. The van der Waals surface area contributed by atoms with E-state index in [1.165, 1.54) is 5.56 Å². The summed E-state index contributed by atoms with van der Waals surface area (Å²) < 4.78 is 5.55. The molecule has 0 aliphatic carbocycles. The van der Waals surface area contributed by atoms with Crippen LogP contribution in [0.15, 0.2) is 41.2 Å². The molecule has 0 spiro atoms. The van der Waals surface area contributed by atoms with Crippen LogP contribution < -0.4 is 5.56 Å². The van der Waals surface area contributed by atoms with Crippen LogP contribution in [0.2, 0.25) is 0 Å². The number of hydrogen-bond donors (Lipinski definition) is 3. The van der Waals surface area contributed by atoms with E-state index < -0.39 is 0 Å². The summed E-state index contributed by atoms with van der Waals surface area (Å²) in [5.41, 5.74) is 5.95. The van der Waals surface area contributed by atoms with Gasteiger partial charge in [-0.05, 0) is 67.3 Å². The fourth-order valence-corrected chi connectivity index (χ4v) is 4.33. The maximum absolute atomic E-state index is 12.6. The zero-order valence-electron chi connectivity index (χ0n) is 18.8. The molecule has 2 aromatic carbocycles. The van der Waals surface area contributed by atoms with Crippen molar-refractivity contribution < 1.29 is 9.84 Å². The number of ether oxygens (including phenoxy) is 1. The smallest absolute Gasteiger partial charge is 0.275 e. The molecule has 2 aromatic heterocycles. The molecule has 4 aromatic rings. The van der Waals surface area contributed by atoms with Crippen molar-refractivity contribution >= 4 is 11.0 Å². The minimum absolute atomic E-state index is 0.268.